The number of rotatable bonds is 6. The highest BCUT2D eigenvalue weighted by molar-refractivity contribution is 6.20. The van der Waals surface area contributed by atoms with Gasteiger partial charge in [-0.1, -0.05) is 13.8 Å². The Bertz CT molecular complexity index is 472. The minimum Gasteiger partial charge on any atom is -0.428 e. The number of hydrogen-bond acceptors (Lipinski definition) is 2. The van der Waals surface area contributed by atoms with Crippen molar-refractivity contribution in [3.05, 3.63) is 29.8 Å². The summed E-state index contributed by atoms with van der Waals surface area (Å²) in [5.41, 5.74) is -0.569. The summed E-state index contributed by atoms with van der Waals surface area (Å²) in [7, 11) is 0. The van der Waals surface area contributed by atoms with Gasteiger partial charge in [0.25, 0.3) is 0 Å². The zero-order chi connectivity index (χ0) is 15.6. The Morgan fingerprint density at radius 1 is 1.25 bits per heavy atom. The summed E-state index contributed by atoms with van der Waals surface area (Å²) in [4.78, 5) is 12.0. The third-order valence-electron chi connectivity index (χ3n) is 2.57. The van der Waals surface area contributed by atoms with Gasteiger partial charge in [-0.25, -0.2) is 0 Å². The van der Waals surface area contributed by atoms with Gasteiger partial charge in [-0.2, -0.15) is 17.6 Å². The topological polar surface area (TPSA) is 26.3 Å². The summed E-state index contributed by atoms with van der Waals surface area (Å²) in [6.07, 6.45) is -8.50. The lowest BCUT2D eigenvalue weighted by Gasteiger charge is -2.20. The summed E-state index contributed by atoms with van der Waals surface area (Å²) in [6.45, 7) is 3.27. The number of ketones is 1. The molecule has 7 heteroatoms. The van der Waals surface area contributed by atoms with Gasteiger partial charge in [0, 0.05) is 16.9 Å². The van der Waals surface area contributed by atoms with Crippen LogP contribution in [-0.2, 0) is 0 Å². The molecule has 0 spiro atoms. The number of ether oxygens (including phenoxy) is 1. The summed E-state index contributed by atoms with van der Waals surface area (Å²) >= 11 is 5.66. The highest BCUT2D eigenvalue weighted by atomic mass is 35.5. The van der Waals surface area contributed by atoms with Crippen LogP contribution in [0, 0.1) is 5.41 Å². The van der Waals surface area contributed by atoms with Crippen LogP contribution in [0.15, 0.2) is 24.3 Å². The molecule has 1 aromatic rings. The Kier molecular flexibility index (Phi) is 5.02. The van der Waals surface area contributed by atoms with Gasteiger partial charge in [-0.15, -0.1) is 11.6 Å². The lowest BCUT2D eigenvalue weighted by Crippen LogP contribution is -2.33. The Hall–Kier alpha value is -1.30. The SMILES string of the molecule is CC(C)(CCl)C(=O)c1ccc(OC(F)(F)C(F)F)cc1. The lowest BCUT2D eigenvalue weighted by molar-refractivity contribution is -0.253. The number of halogens is 5. The zero-order valence-electron chi connectivity index (χ0n) is 10.8. The maximum Gasteiger partial charge on any atom is 0.461 e. The second kappa shape index (κ2) is 5.99. The molecule has 0 aliphatic carbocycles. The van der Waals surface area contributed by atoms with Gasteiger partial charge < -0.3 is 4.74 Å². The van der Waals surface area contributed by atoms with Crippen LogP contribution in [0.2, 0.25) is 0 Å². The number of carbonyl (C=O) groups is 1. The molecular formula is C13H13ClF4O2. The van der Waals surface area contributed by atoms with E-state index in [1.54, 1.807) is 13.8 Å². The third-order valence-corrected chi connectivity index (χ3v) is 3.24. The normalized spacial score (nSPS) is 12.6. The summed E-state index contributed by atoms with van der Waals surface area (Å²) in [5, 5.41) is 0. The summed E-state index contributed by atoms with van der Waals surface area (Å²) in [6, 6.07) is 4.53. The van der Waals surface area contributed by atoms with E-state index in [4.69, 9.17) is 11.6 Å². The minimum absolute atomic E-state index is 0.0908. The molecule has 0 saturated carbocycles. The van der Waals surface area contributed by atoms with E-state index in [1.165, 1.54) is 12.1 Å². The number of Topliss-reactive ketones (excluding diaryl/α,β-unsaturated/α-hetero) is 1. The molecule has 0 amide bonds. The Morgan fingerprint density at radius 3 is 2.15 bits per heavy atom. The molecule has 20 heavy (non-hydrogen) atoms. The second-order valence-electron chi connectivity index (χ2n) is 4.84. The number of alkyl halides is 5. The van der Waals surface area contributed by atoms with Crippen molar-refractivity contribution < 1.29 is 27.1 Å². The smallest absolute Gasteiger partial charge is 0.428 e. The first-order valence-electron chi connectivity index (χ1n) is 5.66. The quantitative estimate of drug-likeness (QED) is 0.443. The third kappa shape index (κ3) is 3.85. The van der Waals surface area contributed by atoms with E-state index in [-0.39, 0.29) is 17.2 Å². The highest BCUT2D eigenvalue weighted by Gasteiger charge is 2.44. The van der Waals surface area contributed by atoms with Gasteiger partial charge in [0.05, 0.1) is 0 Å². The van der Waals surface area contributed by atoms with E-state index in [2.05, 4.69) is 4.74 Å². The molecule has 0 unspecified atom stereocenters. The molecule has 1 aromatic carbocycles. The van der Waals surface area contributed by atoms with Crippen LogP contribution in [0.5, 0.6) is 5.75 Å². The van der Waals surface area contributed by atoms with Crippen molar-refractivity contribution in [1.82, 2.24) is 0 Å². The lowest BCUT2D eigenvalue weighted by atomic mass is 9.86. The van der Waals surface area contributed by atoms with Gasteiger partial charge in [0.15, 0.2) is 5.78 Å². The van der Waals surface area contributed by atoms with Crippen molar-refractivity contribution in [3.8, 4) is 5.75 Å². The van der Waals surface area contributed by atoms with E-state index >= 15 is 0 Å². The molecule has 0 aliphatic rings. The van der Waals surface area contributed by atoms with Crippen LogP contribution < -0.4 is 4.74 Å². The number of benzene rings is 1. The predicted octanol–water partition coefficient (Wildman–Crippen LogP) is 4.37. The fraction of sp³-hybridized carbons (Fsp3) is 0.462. The van der Waals surface area contributed by atoms with Gasteiger partial charge in [0.1, 0.15) is 5.75 Å². The molecule has 0 bridgehead atoms. The van der Waals surface area contributed by atoms with E-state index in [0.717, 1.165) is 12.1 Å². The molecule has 1 rings (SSSR count). The molecule has 0 aromatic heterocycles. The average Bonchev–Trinajstić information content (AvgIpc) is 2.38. The summed E-state index contributed by atoms with van der Waals surface area (Å²) < 4.78 is 53.2. The monoisotopic (exact) mass is 312 g/mol. The van der Waals surface area contributed by atoms with E-state index in [1.807, 2.05) is 0 Å². The molecule has 0 aliphatic heterocycles. The van der Waals surface area contributed by atoms with Crippen LogP contribution in [0.3, 0.4) is 0 Å². The number of hydrogen-bond donors (Lipinski definition) is 0. The van der Waals surface area contributed by atoms with Crippen molar-refractivity contribution >= 4 is 17.4 Å². The van der Waals surface area contributed by atoms with Gasteiger partial charge in [-0.3, -0.25) is 4.79 Å². The average molecular weight is 313 g/mol. The van der Waals surface area contributed by atoms with Crippen LogP contribution in [0.1, 0.15) is 24.2 Å². The van der Waals surface area contributed by atoms with Crippen LogP contribution >= 0.6 is 11.6 Å². The van der Waals surface area contributed by atoms with Gasteiger partial charge in [-0.05, 0) is 24.3 Å². The van der Waals surface area contributed by atoms with Crippen molar-refractivity contribution in [1.29, 1.82) is 0 Å². The van der Waals surface area contributed by atoms with E-state index in [0.29, 0.717) is 0 Å². The van der Waals surface area contributed by atoms with Crippen LogP contribution in [0.25, 0.3) is 0 Å². The molecule has 2 nitrogen and oxygen atoms in total. The first-order chi connectivity index (χ1) is 9.10. The first kappa shape index (κ1) is 16.8. The molecule has 0 N–H and O–H groups in total. The van der Waals surface area contributed by atoms with Crippen molar-refractivity contribution in [2.75, 3.05) is 5.88 Å². The Balaban J connectivity index is 2.88. The molecule has 0 saturated heterocycles. The van der Waals surface area contributed by atoms with Crippen LogP contribution in [0.4, 0.5) is 17.6 Å². The largest absolute Gasteiger partial charge is 0.461 e. The zero-order valence-corrected chi connectivity index (χ0v) is 11.6. The molecule has 0 atom stereocenters. The van der Waals surface area contributed by atoms with Crippen LogP contribution in [-0.4, -0.2) is 24.2 Å². The van der Waals surface area contributed by atoms with Crippen molar-refractivity contribution in [2.45, 2.75) is 26.4 Å². The predicted molar refractivity (Wildman–Crippen MR) is 66.9 cm³/mol. The minimum atomic E-state index is -4.57. The first-order valence-corrected chi connectivity index (χ1v) is 6.19. The molecule has 0 radical (unpaired) electrons. The maximum absolute atomic E-state index is 12.7. The van der Waals surface area contributed by atoms with Gasteiger partial charge >= 0.3 is 12.5 Å². The molecule has 112 valence electrons. The summed E-state index contributed by atoms with van der Waals surface area (Å²) in [5.74, 6) is -0.636. The van der Waals surface area contributed by atoms with Crippen molar-refractivity contribution in [3.63, 3.8) is 0 Å². The fourth-order valence-corrected chi connectivity index (χ4v) is 1.45. The molecule has 0 fully saturated rings. The van der Waals surface area contributed by atoms with E-state index < -0.39 is 23.7 Å². The van der Waals surface area contributed by atoms with E-state index in [9.17, 15) is 22.4 Å². The highest BCUT2D eigenvalue weighted by Crippen LogP contribution is 2.29. The fourth-order valence-electron chi connectivity index (χ4n) is 1.33. The standard InChI is InChI=1S/C13H13ClF4O2/c1-12(2,7-14)10(19)8-3-5-9(6-4-8)20-13(17,18)11(15)16/h3-6,11H,7H2,1-2H3. The Labute approximate surface area is 118 Å². The maximum atomic E-state index is 12.7. The molecular weight excluding hydrogens is 300 g/mol. The molecule has 0 heterocycles. The second-order valence-corrected chi connectivity index (χ2v) is 5.10. The van der Waals surface area contributed by atoms with Gasteiger partial charge in [0.2, 0.25) is 0 Å². The Morgan fingerprint density at radius 2 is 1.75 bits per heavy atom. The number of carbonyl (C=O) groups excluding carboxylic acids is 1. The van der Waals surface area contributed by atoms with Crippen molar-refractivity contribution in [2.24, 2.45) is 5.41 Å².